The highest BCUT2D eigenvalue weighted by molar-refractivity contribution is 8.40. The molecule has 0 aromatic heterocycles. The Hall–Kier alpha value is -3.30. The van der Waals surface area contributed by atoms with Crippen LogP contribution >= 0.6 is 85.1 Å². The number of rotatable bonds is 17. The molecule has 6 aromatic rings. The quantitative estimate of drug-likeness (QED) is 0.0502. The van der Waals surface area contributed by atoms with Gasteiger partial charge >= 0.3 is 11.9 Å². The number of methoxy groups -OCH3 is 2. The van der Waals surface area contributed by atoms with Crippen LogP contribution in [0.25, 0.3) is 0 Å². The molecular weight excluding hydrogens is 919 g/mol. The van der Waals surface area contributed by atoms with Crippen LogP contribution in [0.1, 0.15) is 12.8 Å². The number of hydrogen-bond donors (Lipinski definition) is 0. The molecule has 0 aliphatic carbocycles. The number of thioether (sulfide) groups is 6. The van der Waals surface area contributed by atoms with Gasteiger partial charge in [-0.15, -0.1) is 23.5 Å². The predicted octanol–water partition coefficient (Wildman–Crippen LogP) is 11.4. The highest BCUT2D eigenvalue weighted by atomic mass is 32.2. The minimum absolute atomic E-state index is 0.0491. The minimum atomic E-state index is -2.27. The standard InChI is InChI=1S/C50H46O4P2S6/c1-53-45(51)43-47(61-49(59-43)55(37-23-9-3-10-24-37,38-25-11-4-12-26-38)39-27-13-5-14-28-39)57-35-21-22-36-58-48-44(46(52)54-2)60-50(62-48)56(40-29-15-6-16-30-40,41-31-17-7-18-32-41)42-33-19-8-20-34-42/h3-20,23-34,49-50H,21-22,35-36H2,1-2H3/q+2. The van der Waals surface area contributed by atoms with Crippen molar-refractivity contribution in [3.05, 3.63) is 200 Å². The van der Waals surface area contributed by atoms with E-state index in [1.54, 1.807) is 47.0 Å². The SMILES string of the molecule is COC(=O)C1=C(SCCCCSC2=C(C(=O)OC)SC([P+](c3ccccc3)(c3ccccc3)c3ccccc3)S2)SC([P+](c2ccccc2)(c2ccccc2)c2ccccc2)S1. The van der Waals surface area contributed by atoms with Gasteiger partial charge in [0, 0.05) is 0 Å². The third kappa shape index (κ3) is 9.28. The molecular formula is C50H46O4P2S6+2. The lowest BCUT2D eigenvalue weighted by Crippen LogP contribution is -2.36. The normalized spacial score (nSPS) is 16.7. The van der Waals surface area contributed by atoms with E-state index in [4.69, 9.17) is 9.47 Å². The van der Waals surface area contributed by atoms with Gasteiger partial charge in [0.15, 0.2) is 8.65 Å². The summed E-state index contributed by atoms with van der Waals surface area (Å²) >= 11 is 10.5. The van der Waals surface area contributed by atoms with Gasteiger partial charge in [0.2, 0.25) is 0 Å². The van der Waals surface area contributed by atoms with E-state index in [-0.39, 0.29) is 20.6 Å². The molecule has 2 unspecified atom stereocenters. The lowest BCUT2D eigenvalue weighted by molar-refractivity contribution is -0.136. The van der Waals surface area contributed by atoms with Crippen molar-refractivity contribution in [2.24, 2.45) is 0 Å². The number of carbonyl (C=O) groups excluding carboxylic acids is 2. The smallest absolute Gasteiger partial charge is 0.346 e. The van der Waals surface area contributed by atoms with E-state index in [1.807, 2.05) is 23.5 Å². The zero-order valence-corrected chi connectivity index (χ0v) is 41.0. The van der Waals surface area contributed by atoms with E-state index >= 15 is 0 Å². The first-order valence-corrected chi connectivity index (χ1v) is 29.4. The van der Waals surface area contributed by atoms with Gasteiger partial charge in [0.1, 0.15) is 56.2 Å². The van der Waals surface area contributed by atoms with Crippen LogP contribution in [0.3, 0.4) is 0 Å². The van der Waals surface area contributed by atoms with E-state index in [9.17, 15) is 9.59 Å². The molecule has 2 aliphatic rings. The van der Waals surface area contributed by atoms with Crippen LogP contribution in [0.15, 0.2) is 200 Å². The Labute approximate surface area is 392 Å². The number of carbonyl (C=O) groups is 2. The maximum absolute atomic E-state index is 13.5. The molecule has 0 radical (unpaired) electrons. The molecule has 6 aromatic carbocycles. The second kappa shape index (κ2) is 21.6. The molecule has 2 heterocycles. The summed E-state index contributed by atoms with van der Waals surface area (Å²) in [7, 11) is -1.57. The highest BCUT2D eigenvalue weighted by Gasteiger charge is 2.58. The van der Waals surface area contributed by atoms with Crippen molar-refractivity contribution < 1.29 is 19.1 Å². The summed E-state index contributed by atoms with van der Waals surface area (Å²) in [5, 5.41) is 7.73. The lowest BCUT2D eigenvalue weighted by atomic mass is 10.4. The van der Waals surface area contributed by atoms with E-state index in [2.05, 4.69) is 182 Å². The Bertz CT molecular complexity index is 2130. The van der Waals surface area contributed by atoms with Gasteiger partial charge in [-0.2, -0.15) is 0 Å². The van der Waals surface area contributed by atoms with Crippen molar-refractivity contribution in [1.29, 1.82) is 0 Å². The summed E-state index contributed by atoms with van der Waals surface area (Å²) < 4.78 is 13.0. The van der Waals surface area contributed by atoms with Crippen LogP contribution in [0.5, 0.6) is 0 Å². The molecule has 62 heavy (non-hydrogen) atoms. The fraction of sp³-hybridized carbons (Fsp3) is 0.160. The van der Waals surface area contributed by atoms with Gasteiger partial charge in [0.25, 0.3) is 0 Å². The van der Waals surface area contributed by atoms with Crippen molar-refractivity contribution >= 4 is 129 Å². The van der Waals surface area contributed by atoms with Crippen LogP contribution in [0.4, 0.5) is 0 Å². The van der Waals surface area contributed by atoms with E-state index in [1.165, 1.54) is 46.0 Å². The average Bonchev–Trinajstić information content (AvgIpc) is 3.97. The molecule has 314 valence electrons. The molecule has 0 amide bonds. The van der Waals surface area contributed by atoms with E-state index in [0.717, 1.165) is 32.8 Å². The van der Waals surface area contributed by atoms with Crippen LogP contribution < -0.4 is 31.8 Å². The van der Waals surface area contributed by atoms with Gasteiger partial charge in [0.05, 0.1) is 22.7 Å². The summed E-state index contributed by atoms with van der Waals surface area (Å²) in [4.78, 5) is 28.4. The molecule has 12 heteroatoms. The van der Waals surface area contributed by atoms with Crippen molar-refractivity contribution in [2.75, 3.05) is 25.7 Å². The molecule has 4 nitrogen and oxygen atoms in total. The van der Waals surface area contributed by atoms with Gasteiger partial charge in [-0.25, -0.2) is 9.59 Å². The monoisotopic (exact) mass is 964 g/mol. The largest absolute Gasteiger partial charge is 0.465 e. The Morgan fingerprint density at radius 1 is 0.419 bits per heavy atom. The van der Waals surface area contributed by atoms with Crippen LogP contribution in [0, 0.1) is 0 Å². The van der Waals surface area contributed by atoms with E-state index in [0.29, 0.717) is 9.81 Å². The first-order chi connectivity index (χ1) is 30.5. The molecule has 0 bridgehead atoms. The molecule has 0 fully saturated rings. The third-order valence-corrected chi connectivity index (χ3v) is 31.3. The summed E-state index contributed by atoms with van der Waals surface area (Å²) in [6.07, 6.45) is 1.91. The molecule has 0 saturated carbocycles. The van der Waals surface area contributed by atoms with Gasteiger partial charge in [-0.3, -0.25) is 0 Å². The zero-order chi connectivity index (χ0) is 42.8. The summed E-state index contributed by atoms with van der Waals surface area (Å²) in [5.41, 5.74) is 0. The average molecular weight is 965 g/mol. The molecule has 2 aliphatic heterocycles. The van der Waals surface area contributed by atoms with Crippen molar-refractivity contribution in [3.8, 4) is 0 Å². The Morgan fingerprint density at radius 3 is 0.887 bits per heavy atom. The van der Waals surface area contributed by atoms with Gasteiger partial charge in [-0.1, -0.05) is 156 Å². The first kappa shape index (κ1) is 45.3. The fourth-order valence-electron chi connectivity index (χ4n) is 7.74. The summed E-state index contributed by atoms with van der Waals surface area (Å²) in [6, 6.07) is 65.1. The second-order valence-corrected chi connectivity index (χ2v) is 30.4. The number of esters is 2. The Balaban J connectivity index is 0.996. The zero-order valence-electron chi connectivity index (χ0n) is 34.3. The summed E-state index contributed by atoms with van der Waals surface area (Å²) in [6.45, 7) is 0. The second-order valence-electron chi connectivity index (χ2n) is 14.2. The maximum atomic E-state index is 13.5. The van der Waals surface area contributed by atoms with E-state index < -0.39 is 14.5 Å². The number of unbranched alkanes of at least 4 members (excludes halogenated alkanes) is 1. The van der Waals surface area contributed by atoms with Crippen LogP contribution in [0.2, 0.25) is 0 Å². The predicted molar refractivity (Wildman–Crippen MR) is 280 cm³/mol. The third-order valence-electron chi connectivity index (χ3n) is 10.6. The van der Waals surface area contributed by atoms with Crippen molar-refractivity contribution in [2.45, 2.75) is 21.5 Å². The highest BCUT2D eigenvalue weighted by Crippen LogP contribution is 2.74. The lowest BCUT2D eigenvalue weighted by Gasteiger charge is -2.31. The van der Waals surface area contributed by atoms with Crippen LogP contribution in [-0.2, 0) is 19.1 Å². The number of hydrogen-bond acceptors (Lipinski definition) is 10. The Kier molecular flexibility index (Phi) is 15.8. The molecule has 0 spiro atoms. The molecule has 2 atom stereocenters. The minimum Gasteiger partial charge on any atom is -0.465 e. The number of benzene rings is 6. The number of ether oxygens (including phenoxy) is 2. The topological polar surface area (TPSA) is 52.6 Å². The van der Waals surface area contributed by atoms with Crippen molar-refractivity contribution in [3.63, 3.8) is 0 Å². The maximum Gasteiger partial charge on any atom is 0.346 e. The molecule has 0 N–H and O–H groups in total. The van der Waals surface area contributed by atoms with Crippen LogP contribution in [-0.4, -0.2) is 46.3 Å². The molecule has 8 rings (SSSR count). The molecule has 0 saturated heterocycles. The van der Waals surface area contributed by atoms with Gasteiger partial charge < -0.3 is 9.47 Å². The fourth-order valence-corrected chi connectivity index (χ4v) is 31.4. The first-order valence-electron chi connectivity index (χ1n) is 20.2. The Morgan fingerprint density at radius 2 is 0.661 bits per heavy atom. The summed E-state index contributed by atoms with van der Waals surface area (Å²) in [5.74, 6) is 1.18. The van der Waals surface area contributed by atoms with Crippen molar-refractivity contribution in [1.82, 2.24) is 0 Å². The van der Waals surface area contributed by atoms with Gasteiger partial charge in [-0.05, 0) is 97.1 Å².